The number of aromatic hydroxyl groups is 1. The van der Waals surface area contributed by atoms with Gasteiger partial charge in [-0.05, 0) is 23.8 Å². The molecule has 0 aliphatic rings. The van der Waals surface area contributed by atoms with Crippen LogP contribution in [0.2, 0.25) is 5.02 Å². The number of nitrogens with zero attached hydrogens (tertiary/aromatic N) is 5. The molecule has 31 heavy (non-hydrogen) atoms. The van der Waals surface area contributed by atoms with E-state index in [-0.39, 0.29) is 29.4 Å². The molecule has 2 N–H and O–H groups in total. The fourth-order valence-electron chi connectivity index (χ4n) is 3.24. The zero-order valence-corrected chi connectivity index (χ0v) is 17.5. The standard InChI is InChI=1S/C21H19ClN6O3/c1-26-18-17(19(30)27(2)21(26)31)28(12-14-8-3-5-9-15(14)22)20(24-18)25-23-11-13-7-4-6-10-16(13)29/h3-11,29H,12H2,1-2H3,(H,24,25)/b23-11-. The highest BCUT2D eigenvalue weighted by Crippen LogP contribution is 2.22. The Bertz CT molecular complexity index is 1430. The highest BCUT2D eigenvalue weighted by molar-refractivity contribution is 6.31. The van der Waals surface area contributed by atoms with E-state index in [0.717, 1.165) is 10.1 Å². The van der Waals surface area contributed by atoms with Gasteiger partial charge in [0.1, 0.15) is 5.75 Å². The first-order valence-corrected chi connectivity index (χ1v) is 9.73. The largest absolute Gasteiger partial charge is 0.507 e. The number of halogens is 1. The summed E-state index contributed by atoms with van der Waals surface area (Å²) < 4.78 is 3.96. The third kappa shape index (κ3) is 3.71. The number of nitrogens with one attached hydrogen (secondary N) is 1. The van der Waals surface area contributed by atoms with Crippen LogP contribution in [0, 0.1) is 0 Å². The number of hydrogen-bond acceptors (Lipinski definition) is 6. The van der Waals surface area contributed by atoms with Crippen molar-refractivity contribution in [2.24, 2.45) is 19.2 Å². The zero-order valence-electron chi connectivity index (χ0n) is 16.8. The summed E-state index contributed by atoms with van der Waals surface area (Å²) in [4.78, 5) is 29.7. The Kier molecular flexibility index (Phi) is 5.35. The summed E-state index contributed by atoms with van der Waals surface area (Å²) in [7, 11) is 2.96. The van der Waals surface area contributed by atoms with Crippen molar-refractivity contribution in [2.45, 2.75) is 6.54 Å². The second-order valence-electron chi connectivity index (χ2n) is 6.92. The molecule has 0 unspecified atom stereocenters. The average molecular weight is 439 g/mol. The molecule has 4 rings (SSSR count). The Morgan fingerprint density at radius 3 is 2.55 bits per heavy atom. The molecule has 0 saturated carbocycles. The lowest BCUT2D eigenvalue weighted by Gasteiger charge is -2.10. The Labute approximate surface area is 181 Å². The first-order chi connectivity index (χ1) is 14.9. The summed E-state index contributed by atoms with van der Waals surface area (Å²) in [5.74, 6) is 0.328. The first-order valence-electron chi connectivity index (χ1n) is 9.35. The summed E-state index contributed by atoms with van der Waals surface area (Å²) in [6.45, 7) is 0.234. The molecule has 0 aliphatic heterocycles. The second-order valence-corrected chi connectivity index (χ2v) is 7.33. The van der Waals surface area contributed by atoms with Gasteiger partial charge in [0.05, 0.1) is 12.8 Å². The molecular weight excluding hydrogens is 420 g/mol. The number of benzene rings is 2. The number of aryl methyl sites for hydroxylation is 1. The molecule has 0 atom stereocenters. The summed E-state index contributed by atoms with van der Waals surface area (Å²) in [6, 6.07) is 14.0. The van der Waals surface area contributed by atoms with Gasteiger partial charge in [0.15, 0.2) is 11.2 Å². The van der Waals surface area contributed by atoms with Crippen molar-refractivity contribution in [1.82, 2.24) is 18.7 Å². The van der Waals surface area contributed by atoms with Gasteiger partial charge >= 0.3 is 5.69 Å². The van der Waals surface area contributed by atoms with Crippen molar-refractivity contribution < 1.29 is 5.11 Å². The number of fused-ring (bicyclic) bond motifs is 1. The highest BCUT2D eigenvalue weighted by Gasteiger charge is 2.19. The van der Waals surface area contributed by atoms with E-state index in [0.29, 0.717) is 10.6 Å². The van der Waals surface area contributed by atoms with Gasteiger partial charge in [-0.3, -0.25) is 18.5 Å². The summed E-state index contributed by atoms with van der Waals surface area (Å²) in [5, 5.41) is 14.6. The lowest BCUT2D eigenvalue weighted by Crippen LogP contribution is -2.37. The lowest BCUT2D eigenvalue weighted by atomic mass is 10.2. The number of para-hydroxylation sites is 1. The number of hydrogen-bond donors (Lipinski definition) is 2. The van der Waals surface area contributed by atoms with Gasteiger partial charge in [-0.15, -0.1) is 0 Å². The molecule has 0 saturated heterocycles. The summed E-state index contributed by atoms with van der Waals surface area (Å²) in [6.07, 6.45) is 1.44. The van der Waals surface area contributed by atoms with Gasteiger partial charge in [-0.2, -0.15) is 10.1 Å². The van der Waals surface area contributed by atoms with E-state index < -0.39 is 11.2 Å². The molecule has 4 aromatic rings. The van der Waals surface area contributed by atoms with Crippen LogP contribution < -0.4 is 16.7 Å². The molecule has 0 fully saturated rings. The molecule has 9 nitrogen and oxygen atoms in total. The minimum atomic E-state index is -0.482. The predicted octanol–water partition coefficient (Wildman–Crippen LogP) is 2.29. The van der Waals surface area contributed by atoms with Gasteiger partial charge in [0, 0.05) is 24.7 Å². The van der Waals surface area contributed by atoms with E-state index in [1.54, 1.807) is 41.9 Å². The monoisotopic (exact) mass is 438 g/mol. The van der Waals surface area contributed by atoms with Crippen LogP contribution in [0.25, 0.3) is 11.2 Å². The zero-order chi connectivity index (χ0) is 22.1. The Balaban J connectivity index is 1.85. The first kappa shape index (κ1) is 20.4. The number of rotatable bonds is 5. The number of imidazole rings is 1. The van der Waals surface area contributed by atoms with Crippen LogP contribution in [0.15, 0.2) is 63.2 Å². The maximum absolute atomic E-state index is 12.9. The molecule has 158 valence electrons. The number of phenolic OH excluding ortho intramolecular Hbond substituents is 1. The van der Waals surface area contributed by atoms with Crippen LogP contribution >= 0.6 is 11.6 Å². The third-order valence-corrected chi connectivity index (χ3v) is 5.31. The molecule has 10 heteroatoms. The molecule has 2 aromatic carbocycles. The molecule has 2 heterocycles. The van der Waals surface area contributed by atoms with Crippen LogP contribution in [0.1, 0.15) is 11.1 Å². The van der Waals surface area contributed by atoms with E-state index in [2.05, 4.69) is 15.5 Å². The fraction of sp³-hybridized carbons (Fsp3) is 0.143. The third-order valence-electron chi connectivity index (χ3n) is 4.94. The molecule has 0 radical (unpaired) electrons. The van der Waals surface area contributed by atoms with E-state index in [1.807, 2.05) is 18.2 Å². The summed E-state index contributed by atoms with van der Waals surface area (Å²) in [5.41, 5.74) is 3.60. The number of phenols is 1. The topological polar surface area (TPSA) is 106 Å². The predicted molar refractivity (Wildman–Crippen MR) is 120 cm³/mol. The Hall–Kier alpha value is -3.85. The van der Waals surface area contributed by atoms with Crippen LogP contribution in [0.5, 0.6) is 5.75 Å². The van der Waals surface area contributed by atoms with Crippen molar-refractivity contribution in [2.75, 3.05) is 5.43 Å². The number of anilines is 1. The minimum Gasteiger partial charge on any atom is -0.507 e. The second kappa shape index (κ2) is 8.11. The van der Waals surface area contributed by atoms with Crippen LogP contribution in [0.4, 0.5) is 5.95 Å². The number of aromatic nitrogens is 4. The van der Waals surface area contributed by atoms with Gasteiger partial charge in [0.25, 0.3) is 5.56 Å². The SMILES string of the molecule is Cn1c(=O)c2c(nc(N/N=C\c3ccccc3O)n2Cc2ccccc2Cl)n(C)c1=O. The number of hydrazone groups is 1. The Morgan fingerprint density at radius 2 is 1.81 bits per heavy atom. The van der Waals surface area contributed by atoms with Crippen LogP contribution in [0.3, 0.4) is 0 Å². The molecule has 2 aromatic heterocycles. The normalized spacial score (nSPS) is 11.5. The average Bonchev–Trinajstić information content (AvgIpc) is 3.12. The minimum absolute atomic E-state index is 0.0777. The molecule has 0 spiro atoms. The van der Waals surface area contributed by atoms with E-state index in [4.69, 9.17) is 11.6 Å². The van der Waals surface area contributed by atoms with Crippen LogP contribution in [-0.4, -0.2) is 30.0 Å². The van der Waals surface area contributed by atoms with Crippen molar-refractivity contribution in [3.8, 4) is 5.75 Å². The molecular formula is C21H19ClN6O3. The maximum atomic E-state index is 12.9. The van der Waals surface area contributed by atoms with Crippen molar-refractivity contribution in [3.63, 3.8) is 0 Å². The van der Waals surface area contributed by atoms with Crippen molar-refractivity contribution in [1.29, 1.82) is 0 Å². The molecule has 0 amide bonds. The van der Waals surface area contributed by atoms with Gasteiger partial charge < -0.3 is 5.11 Å². The maximum Gasteiger partial charge on any atom is 0.332 e. The highest BCUT2D eigenvalue weighted by atomic mass is 35.5. The van der Waals surface area contributed by atoms with Gasteiger partial charge in [-0.1, -0.05) is 41.9 Å². The summed E-state index contributed by atoms with van der Waals surface area (Å²) >= 11 is 6.32. The quantitative estimate of drug-likeness (QED) is 0.367. The van der Waals surface area contributed by atoms with Crippen molar-refractivity contribution in [3.05, 3.63) is 85.5 Å². The van der Waals surface area contributed by atoms with E-state index in [9.17, 15) is 14.7 Å². The molecule has 0 aliphatic carbocycles. The van der Waals surface area contributed by atoms with Crippen LogP contribution in [-0.2, 0) is 20.6 Å². The van der Waals surface area contributed by atoms with Gasteiger partial charge in [0.2, 0.25) is 5.95 Å². The smallest absolute Gasteiger partial charge is 0.332 e. The fourth-order valence-corrected chi connectivity index (χ4v) is 3.43. The van der Waals surface area contributed by atoms with E-state index in [1.165, 1.54) is 17.8 Å². The van der Waals surface area contributed by atoms with Crippen molar-refractivity contribution >= 4 is 34.9 Å². The van der Waals surface area contributed by atoms with E-state index >= 15 is 0 Å². The van der Waals surface area contributed by atoms with Gasteiger partial charge in [-0.25, -0.2) is 10.2 Å². The Morgan fingerprint density at radius 1 is 1.10 bits per heavy atom. The lowest BCUT2D eigenvalue weighted by molar-refractivity contribution is 0.474. The molecule has 0 bridgehead atoms.